The van der Waals surface area contributed by atoms with E-state index in [0.29, 0.717) is 0 Å². The number of halogens is 1. The van der Waals surface area contributed by atoms with Crippen LogP contribution in [0.3, 0.4) is 0 Å². The van der Waals surface area contributed by atoms with Gasteiger partial charge in [0.1, 0.15) is 0 Å². The standard InChI is InChI=1S/C11H13Br.CHN/c12-8-7-9-1-3-10(4-2-9)11-5-6-11;1-2/h1-4,11H,5-8H2;1H. The van der Waals surface area contributed by atoms with Gasteiger partial charge in [0.15, 0.2) is 0 Å². The van der Waals surface area contributed by atoms with Crippen molar-refractivity contribution < 1.29 is 0 Å². The van der Waals surface area contributed by atoms with Crippen LogP contribution in [0.5, 0.6) is 0 Å². The van der Waals surface area contributed by atoms with Crippen LogP contribution in [0.15, 0.2) is 24.3 Å². The minimum atomic E-state index is 0.892. The Hall–Kier alpha value is -0.810. The second-order valence-electron chi connectivity index (χ2n) is 3.45. The third-order valence-corrected chi connectivity index (χ3v) is 2.81. The zero-order valence-electron chi connectivity index (χ0n) is 8.12. The van der Waals surface area contributed by atoms with Gasteiger partial charge in [-0.2, -0.15) is 0 Å². The molecular weight excluding hydrogens is 238 g/mol. The third kappa shape index (κ3) is 3.16. The predicted octanol–water partition coefficient (Wildman–Crippen LogP) is 3.64. The van der Waals surface area contributed by atoms with Gasteiger partial charge in [-0.25, -0.2) is 5.26 Å². The van der Waals surface area contributed by atoms with Crippen molar-refractivity contribution >= 4 is 15.9 Å². The lowest BCUT2D eigenvalue weighted by Crippen LogP contribution is -1.86. The number of rotatable bonds is 3. The van der Waals surface area contributed by atoms with Crippen molar-refractivity contribution in [2.24, 2.45) is 0 Å². The summed E-state index contributed by atoms with van der Waals surface area (Å²) >= 11 is 3.45. The molecule has 0 aliphatic heterocycles. The molecule has 0 spiro atoms. The van der Waals surface area contributed by atoms with Crippen LogP contribution in [0, 0.1) is 11.8 Å². The quantitative estimate of drug-likeness (QED) is 0.753. The van der Waals surface area contributed by atoms with Gasteiger partial charge in [0.05, 0.1) is 0 Å². The second kappa shape index (κ2) is 5.82. The topological polar surface area (TPSA) is 23.8 Å². The maximum absolute atomic E-state index is 6.50. The van der Waals surface area contributed by atoms with Gasteiger partial charge in [-0.15, -0.1) is 0 Å². The van der Waals surface area contributed by atoms with E-state index in [1.165, 1.54) is 24.0 Å². The first-order valence-corrected chi connectivity index (χ1v) is 5.93. The molecule has 0 amide bonds. The monoisotopic (exact) mass is 251 g/mol. The fraction of sp³-hybridized carbons (Fsp3) is 0.417. The summed E-state index contributed by atoms with van der Waals surface area (Å²) in [7, 11) is 0. The Morgan fingerprint density at radius 2 is 1.79 bits per heavy atom. The fourth-order valence-corrected chi connectivity index (χ4v) is 1.94. The minimum absolute atomic E-state index is 0.892. The summed E-state index contributed by atoms with van der Waals surface area (Å²) in [6.07, 6.45) is 3.94. The Morgan fingerprint density at radius 1 is 1.21 bits per heavy atom. The zero-order chi connectivity index (χ0) is 10.4. The first kappa shape index (κ1) is 11.3. The summed E-state index contributed by atoms with van der Waals surface area (Å²) < 4.78 is 0. The lowest BCUT2D eigenvalue weighted by molar-refractivity contribution is 1.10. The Labute approximate surface area is 93.9 Å². The van der Waals surface area contributed by atoms with E-state index in [9.17, 15) is 0 Å². The van der Waals surface area contributed by atoms with Crippen LogP contribution in [0.25, 0.3) is 0 Å². The van der Waals surface area contributed by atoms with Gasteiger partial charge in [-0.1, -0.05) is 40.2 Å². The Bertz CT molecular complexity index is 285. The molecule has 1 aromatic rings. The Morgan fingerprint density at radius 3 is 2.21 bits per heavy atom. The molecule has 14 heavy (non-hydrogen) atoms. The summed E-state index contributed by atoms with van der Waals surface area (Å²) in [4.78, 5) is 0. The average molecular weight is 252 g/mol. The SMILES string of the molecule is BrCCc1ccc(C2CC2)cc1.C#N. The molecule has 1 nitrogen and oxygen atoms in total. The number of nitrogens with zero attached hydrogens (tertiary/aromatic N) is 1. The number of aryl methyl sites for hydroxylation is 1. The molecule has 0 unspecified atom stereocenters. The van der Waals surface area contributed by atoms with Crippen molar-refractivity contribution in [3.63, 3.8) is 0 Å². The smallest absolute Gasteiger partial charge is 0.0462 e. The van der Waals surface area contributed by atoms with Crippen LogP contribution in [-0.4, -0.2) is 5.33 Å². The fourth-order valence-electron chi connectivity index (χ4n) is 1.48. The highest BCUT2D eigenvalue weighted by atomic mass is 79.9. The van der Waals surface area contributed by atoms with Crippen LogP contribution < -0.4 is 0 Å². The molecule has 0 aromatic heterocycles. The maximum Gasteiger partial charge on any atom is 0.0462 e. The van der Waals surface area contributed by atoms with Crippen molar-refractivity contribution in [1.29, 1.82) is 5.26 Å². The van der Waals surface area contributed by atoms with E-state index in [4.69, 9.17) is 5.26 Å². The zero-order valence-corrected chi connectivity index (χ0v) is 9.70. The van der Waals surface area contributed by atoms with Crippen LogP contribution in [0.2, 0.25) is 0 Å². The largest absolute Gasteiger partial charge is 0.202 e. The number of benzene rings is 1. The van der Waals surface area contributed by atoms with E-state index in [0.717, 1.165) is 17.7 Å². The van der Waals surface area contributed by atoms with Gasteiger partial charge >= 0.3 is 0 Å². The molecular formula is C12H14BrN. The second-order valence-corrected chi connectivity index (χ2v) is 4.25. The maximum atomic E-state index is 6.50. The van der Waals surface area contributed by atoms with Crippen molar-refractivity contribution in [2.75, 3.05) is 5.33 Å². The van der Waals surface area contributed by atoms with E-state index < -0.39 is 0 Å². The van der Waals surface area contributed by atoms with E-state index in [1.807, 2.05) is 0 Å². The lowest BCUT2D eigenvalue weighted by atomic mass is 10.1. The van der Waals surface area contributed by atoms with E-state index in [-0.39, 0.29) is 0 Å². The van der Waals surface area contributed by atoms with E-state index >= 15 is 0 Å². The Balaban J connectivity index is 0.000000461. The van der Waals surface area contributed by atoms with E-state index in [1.54, 1.807) is 0 Å². The summed E-state index contributed by atoms with van der Waals surface area (Å²) in [5.41, 5.74) is 2.98. The molecule has 0 bridgehead atoms. The van der Waals surface area contributed by atoms with Crippen molar-refractivity contribution in [3.8, 4) is 6.57 Å². The molecule has 0 N–H and O–H groups in total. The first-order chi connectivity index (χ1) is 6.90. The summed E-state index contributed by atoms with van der Waals surface area (Å²) in [5.74, 6) is 0.892. The summed E-state index contributed by atoms with van der Waals surface area (Å²) in [6.45, 7) is 3.50. The van der Waals surface area contributed by atoms with Gasteiger partial charge in [-0.05, 0) is 36.3 Å². The molecule has 0 saturated heterocycles. The number of hydrogen-bond acceptors (Lipinski definition) is 1. The first-order valence-electron chi connectivity index (χ1n) is 4.81. The minimum Gasteiger partial charge on any atom is -0.202 e. The molecule has 0 heterocycles. The molecule has 1 saturated carbocycles. The molecule has 0 radical (unpaired) electrons. The molecule has 2 rings (SSSR count). The van der Waals surface area contributed by atoms with Crippen molar-refractivity contribution in [1.82, 2.24) is 0 Å². The van der Waals surface area contributed by atoms with Crippen LogP contribution in [-0.2, 0) is 6.42 Å². The van der Waals surface area contributed by atoms with Crippen molar-refractivity contribution in [3.05, 3.63) is 35.4 Å². The lowest BCUT2D eigenvalue weighted by Gasteiger charge is -2.00. The van der Waals surface area contributed by atoms with Crippen molar-refractivity contribution in [2.45, 2.75) is 25.2 Å². The van der Waals surface area contributed by atoms with Gasteiger partial charge in [0, 0.05) is 11.9 Å². The molecule has 1 aliphatic rings. The van der Waals surface area contributed by atoms with E-state index in [2.05, 4.69) is 46.8 Å². The Kier molecular flexibility index (Phi) is 4.69. The predicted molar refractivity (Wildman–Crippen MR) is 62.6 cm³/mol. The number of alkyl halides is 1. The average Bonchev–Trinajstić information content (AvgIpc) is 3.06. The van der Waals surface area contributed by atoms with Gasteiger partial charge in [0.2, 0.25) is 0 Å². The van der Waals surface area contributed by atoms with Gasteiger partial charge in [-0.3, -0.25) is 0 Å². The molecule has 1 fully saturated rings. The molecule has 74 valence electrons. The molecule has 1 aliphatic carbocycles. The molecule has 1 aromatic carbocycles. The number of nitriles is 1. The van der Waals surface area contributed by atoms with Crippen LogP contribution >= 0.6 is 15.9 Å². The number of hydrogen-bond donors (Lipinski definition) is 0. The highest BCUT2D eigenvalue weighted by molar-refractivity contribution is 9.09. The summed E-state index contributed by atoms with van der Waals surface area (Å²) in [5, 5.41) is 7.57. The summed E-state index contributed by atoms with van der Waals surface area (Å²) in [6, 6.07) is 9.09. The molecule has 0 atom stereocenters. The third-order valence-electron chi connectivity index (χ3n) is 2.41. The normalized spacial score (nSPS) is 14.2. The molecule has 2 heteroatoms. The van der Waals surface area contributed by atoms with Gasteiger partial charge < -0.3 is 0 Å². The highest BCUT2D eigenvalue weighted by Gasteiger charge is 2.22. The van der Waals surface area contributed by atoms with Crippen LogP contribution in [0.4, 0.5) is 0 Å². The highest BCUT2D eigenvalue weighted by Crippen LogP contribution is 2.39. The van der Waals surface area contributed by atoms with Crippen LogP contribution in [0.1, 0.15) is 29.9 Å². The van der Waals surface area contributed by atoms with Gasteiger partial charge in [0.25, 0.3) is 0 Å².